The van der Waals surface area contributed by atoms with Crippen LogP contribution in [0, 0.1) is 11.3 Å². The molecule has 0 bridgehead atoms. The number of carbonyl (C=O) groups is 1. The molecule has 1 aromatic carbocycles. The summed E-state index contributed by atoms with van der Waals surface area (Å²) in [5.41, 5.74) is 0.170. The molecule has 1 aliphatic heterocycles. The molecule has 0 aliphatic carbocycles. The van der Waals surface area contributed by atoms with E-state index in [0.29, 0.717) is 24.3 Å². The highest BCUT2D eigenvalue weighted by Gasteiger charge is 2.39. The number of benzene rings is 1. The molecule has 0 radical (unpaired) electrons. The normalized spacial score (nSPS) is 16.7. The van der Waals surface area contributed by atoms with Crippen molar-refractivity contribution in [1.82, 2.24) is 5.32 Å². The molecule has 0 atom stereocenters. The maximum atomic E-state index is 11.9. The van der Waals surface area contributed by atoms with Crippen LogP contribution in [0.1, 0.15) is 15.9 Å². The van der Waals surface area contributed by atoms with Crippen LogP contribution >= 0.6 is 0 Å². The maximum absolute atomic E-state index is 11.9. The molecule has 1 aromatic rings. The molecule has 88 valence electrons. The lowest BCUT2D eigenvalue weighted by Gasteiger charge is -2.40. The number of nitriles is 1. The zero-order chi connectivity index (χ0) is 12.3. The fourth-order valence-corrected chi connectivity index (χ4v) is 1.59. The van der Waals surface area contributed by atoms with Crippen molar-refractivity contribution in [3.8, 4) is 6.07 Å². The minimum absolute atomic E-state index is 0.156. The average molecular weight is 232 g/mol. The van der Waals surface area contributed by atoms with E-state index in [4.69, 9.17) is 10.00 Å². The Labute approximate surface area is 98.6 Å². The van der Waals surface area contributed by atoms with E-state index < -0.39 is 5.54 Å². The number of rotatable bonds is 3. The number of aliphatic hydroxyl groups is 1. The van der Waals surface area contributed by atoms with Gasteiger partial charge in [0.15, 0.2) is 0 Å². The van der Waals surface area contributed by atoms with Crippen LogP contribution in [0.5, 0.6) is 0 Å². The molecular weight excluding hydrogens is 220 g/mol. The largest absolute Gasteiger partial charge is 0.394 e. The smallest absolute Gasteiger partial charge is 0.251 e. The van der Waals surface area contributed by atoms with Crippen LogP contribution in [0.4, 0.5) is 0 Å². The summed E-state index contributed by atoms with van der Waals surface area (Å²) in [6.45, 7) is 0.469. The number of nitrogens with one attached hydrogen (secondary N) is 1. The van der Waals surface area contributed by atoms with Crippen LogP contribution in [-0.4, -0.2) is 36.4 Å². The SMILES string of the molecule is N#Cc1cccc(C(=O)NC2(CO)COC2)c1. The summed E-state index contributed by atoms with van der Waals surface area (Å²) in [7, 11) is 0. The first-order chi connectivity index (χ1) is 8.19. The molecule has 0 unspecified atom stereocenters. The monoisotopic (exact) mass is 232 g/mol. The molecule has 1 amide bonds. The minimum atomic E-state index is -0.667. The van der Waals surface area contributed by atoms with Gasteiger partial charge < -0.3 is 15.2 Å². The summed E-state index contributed by atoms with van der Waals surface area (Å²) in [5, 5.41) is 20.6. The molecule has 2 N–H and O–H groups in total. The Morgan fingerprint density at radius 3 is 2.88 bits per heavy atom. The third-order valence-corrected chi connectivity index (χ3v) is 2.69. The topological polar surface area (TPSA) is 82.4 Å². The van der Waals surface area contributed by atoms with Gasteiger partial charge in [-0.25, -0.2) is 0 Å². The van der Waals surface area contributed by atoms with E-state index in [1.54, 1.807) is 18.2 Å². The molecular formula is C12H12N2O3. The predicted molar refractivity (Wildman–Crippen MR) is 59.3 cm³/mol. The van der Waals surface area contributed by atoms with E-state index in [2.05, 4.69) is 5.32 Å². The third kappa shape index (κ3) is 2.28. The molecule has 1 fully saturated rings. The molecule has 5 heteroatoms. The van der Waals surface area contributed by atoms with Crippen molar-refractivity contribution in [2.75, 3.05) is 19.8 Å². The predicted octanol–water partition coefficient (Wildman–Crippen LogP) is 0.0494. The highest BCUT2D eigenvalue weighted by molar-refractivity contribution is 5.95. The van der Waals surface area contributed by atoms with Crippen molar-refractivity contribution in [2.24, 2.45) is 0 Å². The Morgan fingerprint density at radius 1 is 1.59 bits per heavy atom. The second-order valence-electron chi connectivity index (χ2n) is 4.08. The number of hydrogen-bond donors (Lipinski definition) is 2. The van der Waals surface area contributed by atoms with Crippen LogP contribution < -0.4 is 5.32 Å². The lowest BCUT2D eigenvalue weighted by molar-refractivity contribution is -0.0919. The van der Waals surface area contributed by atoms with E-state index in [-0.39, 0.29) is 12.5 Å². The number of hydrogen-bond acceptors (Lipinski definition) is 4. The Bertz CT molecular complexity index is 469. The summed E-state index contributed by atoms with van der Waals surface area (Å²) in [4.78, 5) is 11.9. The molecule has 0 aromatic heterocycles. The van der Waals surface area contributed by atoms with Crippen LogP contribution in [0.25, 0.3) is 0 Å². The molecule has 1 aliphatic rings. The fraction of sp³-hybridized carbons (Fsp3) is 0.333. The second kappa shape index (κ2) is 4.53. The molecule has 0 spiro atoms. The van der Waals surface area contributed by atoms with Crippen LogP contribution in [-0.2, 0) is 4.74 Å². The Morgan fingerprint density at radius 2 is 2.35 bits per heavy atom. The second-order valence-corrected chi connectivity index (χ2v) is 4.08. The number of nitrogens with zero attached hydrogens (tertiary/aromatic N) is 1. The quantitative estimate of drug-likeness (QED) is 0.771. The summed E-state index contributed by atoms with van der Waals surface area (Å²) in [5.74, 6) is -0.306. The molecule has 2 rings (SSSR count). The van der Waals surface area contributed by atoms with E-state index in [1.807, 2.05) is 6.07 Å². The van der Waals surface area contributed by atoms with Crippen molar-refractivity contribution in [1.29, 1.82) is 5.26 Å². The standard InChI is InChI=1S/C12H12N2O3/c13-5-9-2-1-3-10(4-9)11(16)14-12(6-15)7-17-8-12/h1-4,15H,6-8H2,(H,14,16). The summed E-state index contributed by atoms with van der Waals surface area (Å²) >= 11 is 0. The van der Waals surface area contributed by atoms with E-state index >= 15 is 0 Å². The molecule has 1 heterocycles. The van der Waals surface area contributed by atoms with Crippen molar-refractivity contribution in [3.63, 3.8) is 0 Å². The molecule has 1 saturated heterocycles. The Hall–Kier alpha value is -1.90. The highest BCUT2D eigenvalue weighted by atomic mass is 16.5. The number of carbonyl (C=O) groups excluding carboxylic acids is 1. The zero-order valence-corrected chi connectivity index (χ0v) is 9.14. The van der Waals surface area contributed by atoms with Gasteiger partial charge in [0.1, 0.15) is 5.54 Å². The van der Waals surface area contributed by atoms with Crippen LogP contribution in [0.3, 0.4) is 0 Å². The average Bonchev–Trinajstić information content (AvgIpc) is 2.33. The number of ether oxygens (including phenoxy) is 1. The molecule has 0 saturated carbocycles. The lowest BCUT2D eigenvalue weighted by Crippen LogP contribution is -2.64. The van der Waals surface area contributed by atoms with Gasteiger partial charge in [-0.3, -0.25) is 4.79 Å². The van der Waals surface area contributed by atoms with Gasteiger partial charge in [-0.05, 0) is 18.2 Å². The molecule has 5 nitrogen and oxygen atoms in total. The summed E-state index contributed by atoms with van der Waals surface area (Å²) < 4.78 is 4.98. The number of aliphatic hydroxyl groups excluding tert-OH is 1. The van der Waals surface area contributed by atoms with Crippen molar-refractivity contribution < 1.29 is 14.6 Å². The first-order valence-electron chi connectivity index (χ1n) is 5.20. The van der Waals surface area contributed by atoms with Gasteiger partial charge in [-0.1, -0.05) is 6.07 Å². The first-order valence-corrected chi connectivity index (χ1v) is 5.20. The first kappa shape index (κ1) is 11.6. The minimum Gasteiger partial charge on any atom is -0.394 e. The Kier molecular flexibility index (Phi) is 3.09. The van der Waals surface area contributed by atoms with Gasteiger partial charge >= 0.3 is 0 Å². The van der Waals surface area contributed by atoms with Crippen molar-refractivity contribution >= 4 is 5.91 Å². The summed E-state index contributed by atoms with van der Waals surface area (Å²) in [6, 6.07) is 8.39. The lowest BCUT2D eigenvalue weighted by atomic mass is 9.98. The fourth-order valence-electron chi connectivity index (χ4n) is 1.59. The van der Waals surface area contributed by atoms with E-state index in [1.165, 1.54) is 6.07 Å². The summed E-state index contributed by atoms with van der Waals surface area (Å²) in [6.07, 6.45) is 0. The van der Waals surface area contributed by atoms with Gasteiger partial charge in [-0.15, -0.1) is 0 Å². The molecule has 17 heavy (non-hydrogen) atoms. The third-order valence-electron chi connectivity index (χ3n) is 2.69. The van der Waals surface area contributed by atoms with Gasteiger partial charge in [0.25, 0.3) is 5.91 Å². The van der Waals surface area contributed by atoms with Crippen molar-refractivity contribution in [2.45, 2.75) is 5.54 Å². The highest BCUT2D eigenvalue weighted by Crippen LogP contribution is 2.17. The van der Waals surface area contributed by atoms with Gasteiger partial charge in [-0.2, -0.15) is 5.26 Å². The Balaban J connectivity index is 2.12. The van der Waals surface area contributed by atoms with Gasteiger partial charge in [0.05, 0.1) is 31.5 Å². The number of amides is 1. The zero-order valence-electron chi connectivity index (χ0n) is 9.14. The maximum Gasteiger partial charge on any atom is 0.251 e. The van der Waals surface area contributed by atoms with Crippen LogP contribution in [0.2, 0.25) is 0 Å². The van der Waals surface area contributed by atoms with Gasteiger partial charge in [0, 0.05) is 5.56 Å². The van der Waals surface area contributed by atoms with Crippen LogP contribution in [0.15, 0.2) is 24.3 Å². The van der Waals surface area contributed by atoms with E-state index in [9.17, 15) is 9.90 Å². The van der Waals surface area contributed by atoms with E-state index in [0.717, 1.165) is 0 Å². The van der Waals surface area contributed by atoms with Crippen molar-refractivity contribution in [3.05, 3.63) is 35.4 Å². The van der Waals surface area contributed by atoms with Gasteiger partial charge in [0.2, 0.25) is 0 Å².